The summed E-state index contributed by atoms with van der Waals surface area (Å²) in [5.74, 6) is -0.00572. The monoisotopic (exact) mass is 467 g/mol. The third-order valence-electron chi connectivity index (χ3n) is 6.10. The first kappa shape index (κ1) is 25.6. The van der Waals surface area contributed by atoms with Gasteiger partial charge in [0.1, 0.15) is 11.9 Å². The molecule has 1 aromatic heterocycles. The Balaban J connectivity index is 1.68. The van der Waals surface area contributed by atoms with Crippen molar-refractivity contribution in [3.05, 3.63) is 48.0 Å². The van der Waals surface area contributed by atoms with E-state index >= 15 is 0 Å². The van der Waals surface area contributed by atoms with E-state index in [0.717, 1.165) is 17.1 Å². The molecule has 8 nitrogen and oxygen atoms in total. The number of carbonyl (C=O) groups excluding carboxylic acids is 2. The van der Waals surface area contributed by atoms with E-state index in [1.165, 1.54) is 4.90 Å². The summed E-state index contributed by atoms with van der Waals surface area (Å²) in [5.41, 5.74) is 1.58. The second-order valence-electron chi connectivity index (χ2n) is 10.4. The van der Waals surface area contributed by atoms with Gasteiger partial charge in [-0.2, -0.15) is 0 Å². The average Bonchev–Trinajstić information content (AvgIpc) is 3.36. The summed E-state index contributed by atoms with van der Waals surface area (Å²) >= 11 is 0. The van der Waals surface area contributed by atoms with Crippen LogP contribution in [0, 0.1) is 18.3 Å². The molecule has 1 aliphatic rings. The minimum Gasteiger partial charge on any atom is -0.391 e. The van der Waals surface area contributed by atoms with E-state index in [0.29, 0.717) is 6.54 Å². The zero-order valence-electron chi connectivity index (χ0n) is 21.0. The van der Waals surface area contributed by atoms with Crippen molar-refractivity contribution in [3.8, 4) is 5.69 Å². The zero-order valence-corrected chi connectivity index (χ0v) is 21.0. The topological polar surface area (TPSA) is 99.8 Å². The van der Waals surface area contributed by atoms with Crippen LogP contribution in [-0.2, 0) is 16.1 Å². The van der Waals surface area contributed by atoms with Gasteiger partial charge in [0.25, 0.3) is 0 Å². The van der Waals surface area contributed by atoms with Gasteiger partial charge in [-0.1, -0.05) is 32.9 Å². The van der Waals surface area contributed by atoms with E-state index in [1.807, 2.05) is 76.6 Å². The lowest BCUT2D eigenvalue weighted by Gasteiger charge is -2.33. The largest absolute Gasteiger partial charge is 0.391 e. The molecule has 0 bridgehead atoms. The maximum absolute atomic E-state index is 13.5. The molecule has 2 heterocycles. The number of hydrogen-bond acceptors (Lipinski definition) is 5. The Morgan fingerprint density at radius 2 is 1.94 bits per heavy atom. The number of aliphatic hydroxyl groups excluding tert-OH is 1. The molecule has 2 N–H and O–H groups in total. The molecular weight excluding hydrogens is 430 g/mol. The van der Waals surface area contributed by atoms with E-state index in [2.05, 4.69) is 15.3 Å². The number of nitrogens with zero attached hydrogens (tertiary/aromatic N) is 4. The quantitative estimate of drug-likeness (QED) is 0.612. The van der Waals surface area contributed by atoms with Crippen molar-refractivity contribution < 1.29 is 14.7 Å². The number of aliphatic hydroxyl groups is 1. The first-order chi connectivity index (χ1) is 16.0. The first-order valence-corrected chi connectivity index (χ1v) is 11.9. The Hall–Kier alpha value is -3.00. The third-order valence-corrected chi connectivity index (χ3v) is 6.10. The maximum atomic E-state index is 13.5. The lowest BCUT2D eigenvalue weighted by Crippen LogP contribution is -2.50. The number of amides is 2. The Labute approximate surface area is 202 Å². The minimum atomic E-state index is -0.722. The van der Waals surface area contributed by atoms with Gasteiger partial charge < -0.3 is 19.9 Å². The number of benzene rings is 1. The van der Waals surface area contributed by atoms with Gasteiger partial charge >= 0.3 is 0 Å². The summed E-state index contributed by atoms with van der Waals surface area (Å²) in [5, 5.41) is 13.2. The summed E-state index contributed by atoms with van der Waals surface area (Å²) in [6.07, 6.45) is 4.87. The second kappa shape index (κ2) is 10.5. The Morgan fingerprint density at radius 1 is 1.26 bits per heavy atom. The number of rotatable bonds is 7. The molecule has 0 radical (unpaired) electrons. The van der Waals surface area contributed by atoms with E-state index < -0.39 is 18.1 Å². The molecule has 2 amide bonds. The fraction of sp³-hybridized carbons (Fsp3) is 0.538. The molecule has 1 aromatic carbocycles. The fourth-order valence-electron chi connectivity index (χ4n) is 4.13. The Morgan fingerprint density at radius 3 is 2.50 bits per heavy atom. The van der Waals surface area contributed by atoms with Crippen LogP contribution in [0.5, 0.6) is 0 Å². The molecule has 8 heteroatoms. The Bertz CT molecular complexity index is 1020. The highest BCUT2D eigenvalue weighted by Gasteiger charge is 2.43. The number of likely N-dealkylation sites (tertiary alicyclic amines) is 1. The molecule has 1 fully saturated rings. The van der Waals surface area contributed by atoms with Gasteiger partial charge in [-0.05, 0) is 43.9 Å². The van der Waals surface area contributed by atoms with Gasteiger partial charge in [0.15, 0.2) is 0 Å². The number of hydrogen-bond donors (Lipinski definition) is 2. The lowest BCUT2D eigenvalue weighted by atomic mass is 9.80. The number of aliphatic imine (C=N–C) groups is 1. The molecule has 2 aromatic rings. The highest BCUT2D eigenvalue weighted by Crippen LogP contribution is 2.30. The summed E-state index contributed by atoms with van der Waals surface area (Å²) in [6.45, 7) is 12.3. The molecule has 3 rings (SSSR count). The van der Waals surface area contributed by atoms with Crippen molar-refractivity contribution >= 4 is 18.0 Å². The van der Waals surface area contributed by atoms with Crippen LogP contribution in [-0.4, -0.2) is 62.3 Å². The van der Waals surface area contributed by atoms with Crippen LogP contribution in [0.2, 0.25) is 0 Å². The van der Waals surface area contributed by atoms with Gasteiger partial charge in [-0.25, -0.2) is 4.98 Å². The van der Waals surface area contributed by atoms with Gasteiger partial charge in [0, 0.05) is 49.8 Å². The van der Waals surface area contributed by atoms with E-state index in [9.17, 15) is 14.7 Å². The van der Waals surface area contributed by atoms with Crippen molar-refractivity contribution in [2.75, 3.05) is 6.54 Å². The van der Waals surface area contributed by atoms with Crippen molar-refractivity contribution in [1.82, 2.24) is 19.8 Å². The van der Waals surface area contributed by atoms with Gasteiger partial charge in [0.2, 0.25) is 11.8 Å². The summed E-state index contributed by atoms with van der Waals surface area (Å²) < 4.78 is 1.99. The van der Waals surface area contributed by atoms with Gasteiger partial charge in [-0.15, -0.1) is 0 Å². The van der Waals surface area contributed by atoms with Gasteiger partial charge in [0.05, 0.1) is 12.0 Å². The maximum Gasteiger partial charge on any atom is 0.243 e. The molecule has 0 aliphatic carbocycles. The average molecular weight is 468 g/mol. The summed E-state index contributed by atoms with van der Waals surface area (Å²) in [4.78, 5) is 36.7. The van der Waals surface area contributed by atoms with Crippen LogP contribution in [0.25, 0.3) is 5.69 Å². The van der Waals surface area contributed by atoms with Crippen molar-refractivity contribution in [1.29, 1.82) is 0 Å². The Kier molecular flexibility index (Phi) is 7.92. The normalized spacial score (nSPS) is 19.7. The van der Waals surface area contributed by atoms with Crippen molar-refractivity contribution in [2.24, 2.45) is 16.3 Å². The van der Waals surface area contributed by atoms with Crippen LogP contribution >= 0.6 is 0 Å². The SMILES string of the molecule is Cc1nccn1-c1ccc(CNC(=O)[C@@H]2C[C@@H](O)CN2C(=O)C(C=NC(C)C)C(C)(C)C)cc1. The highest BCUT2D eigenvalue weighted by molar-refractivity contribution is 5.97. The highest BCUT2D eigenvalue weighted by atomic mass is 16.3. The van der Waals surface area contributed by atoms with Gasteiger partial charge in [-0.3, -0.25) is 14.6 Å². The molecule has 1 saturated heterocycles. The predicted molar refractivity (Wildman–Crippen MR) is 133 cm³/mol. The standard InChI is InChI=1S/C26H37N5O3/c1-17(2)28-15-22(26(4,5)6)25(34)31-16-21(32)13-23(31)24(33)29-14-19-7-9-20(10-8-19)30-12-11-27-18(30)3/h7-12,15,17,21-23,32H,13-14,16H2,1-6H3,(H,29,33)/t21-,22?,23+/m1/s1. The van der Waals surface area contributed by atoms with Crippen LogP contribution in [0.3, 0.4) is 0 Å². The number of aryl methyl sites for hydroxylation is 1. The number of aromatic nitrogens is 2. The summed E-state index contributed by atoms with van der Waals surface area (Å²) in [7, 11) is 0. The smallest absolute Gasteiger partial charge is 0.243 e. The molecule has 34 heavy (non-hydrogen) atoms. The predicted octanol–water partition coefficient (Wildman–Crippen LogP) is 2.90. The molecule has 3 atom stereocenters. The van der Waals surface area contributed by atoms with Crippen LogP contribution in [0.15, 0.2) is 41.7 Å². The molecular formula is C26H37N5O3. The minimum absolute atomic E-state index is 0.0741. The number of nitrogens with one attached hydrogen (secondary N) is 1. The van der Waals surface area contributed by atoms with E-state index in [1.54, 1.807) is 12.4 Å². The van der Waals surface area contributed by atoms with Crippen LogP contribution in [0.1, 0.15) is 52.4 Å². The van der Waals surface area contributed by atoms with E-state index in [-0.39, 0.29) is 36.2 Å². The number of carbonyl (C=O) groups is 2. The number of imidazole rings is 1. The number of β-amino-alcohol motifs (C(OH)–C–C–N with tert-alkyl or cyclic N) is 1. The van der Waals surface area contributed by atoms with Crippen LogP contribution in [0.4, 0.5) is 0 Å². The van der Waals surface area contributed by atoms with E-state index in [4.69, 9.17) is 0 Å². The first-order valence-electron chi connectivity index (χ1n) is 11.9. The third kappa shape index (κ3) is 6.11. The molecule has 0 saturated carbocycles. The van der Waals surface area contributed by atoms with Crippen LogP contribution < -0.4 is 5.32 Å². The van der Waals surface area contributed by atoms with Crippen molar-refractivity contribution in [3.63, 3.8) is 0 Å². The lowest BCUT2D eigenvalue weighted by molar-refractivity contribution is -0.142. The molecule has 184 valence electrons. The van der Waals surface area contributed by atoms with Crippen molar-refractivity contribution in [2.45, 2.75) is 72.7 Å². The zero-order chi connectivity index (χ0) is 25.0. The summed E-state index contributed by atoms with van der Waals surface area (Å²) in [6, 6.07) is 7.25. The molecule has 1 unspecified atom stereocenters. The molecule has 0 spiro atoms. The fourth-order valence-corrected chi connectivity index (χ4v) is 4.13. The second-order valence-corrected chi connectivity index (χ2v) is 10.4. The molecule has 1 aliphatic heterocycles.